The number of rotatable bonds is 4. The van der Waals surface area contributed by atoms with Crippen LogP contribution >= 0.6 is 11.8 Å². The van der Waals surface area contributed by atoms with Crippen LogP contribution in [0.1, 0.15) is 40.0 Å². The number of hydrogen-bond donors (Lipinski definition) is 0. The highest BCUT2D eigenvalue weighted by Crippen LogP contribution is 2.48. The SMILES string of the molecule is CC(=O)O[C@@]1(C)CC[C@H]2C[C@@H]1OO[C@@]2(C)CSc1ccccc1. The topological polar surface area (TPSA) is 44.8 Å². The van der Waals surface area contributed by atoms with Gasteiger partial charge >= 0.3 is 5.97 Å². The summed E-state index contributed by atoms with van der Waals surface area (Å²) in [7, 11) is 0. The normalized spacial score (nSPS) is 36.5. The molecule has 4 atom stereocenters. The third-order valence-corrected chi connectivity index (χ3v) is 6.36. The number of carbonyl (C=O) groups is 1. The maximum atomic E-state index is 11.3. The van der Waals surface area contributed by atoms with Crippen molar-refractivity contribution in [3.8, 4) is 0 Å². The summed E-state index contributed by atoms with van der Waals surface area (Å²) in [6.45, 7) is 5.51. The van der Waals surface area contributed by atoms with Crippen molar-refractivity contribution in [2.45, 2.75) is 62.2 Å². The van der Waals surface area contributed by atoms with Crippen LogP contribution in [0.4, 0.5) is 0 Å². The number of benzene rings is 1. The van der Waals surface area contributed by atoms with Crippen LogP contribution in [0.2, 0.25) is 0 Å². The molecule has 0 spiro atoms. The van der Waals surface area contributed by atoms with Crippen LogP contribution in [-0.2, 0) is 19.3 Å². The van der Waals surface area contributed by atoms with Crippen LogP contribution in [0.25, 0.3) is 0 Å². The van der Waals surface area contributed by atoms with Crippen molar-refractivity contribution < 1.29 is 19.3 Å². The van der Waals surface area contributed by atoms with Gasteiger partial charge in [0.2, 0.25) is 0 Å². The van der Waals surface area contributed by atoms with Crippen molar-refractivity contribution in [1.29, 1.82) is 0 Å². The molecule has 0 radical (unpaired) electrons. The summed E-state index contributed by atoms with van der Waals surface area (Å²) in [5.41, 5.74) is -0.884. The second-order valence-electron chi connectivity index (χ2n) is 6.96. The molecule has 1 heterocycles. The quantitative estimate of drug-likeness (QED) is 0.472. The minimum atomic E-state index is -0.573. The Morgan fingerprint density at radius 1 is 1.35 bits per heavy atom. The average Bonchev–Trinajstić information content (AvgIpc) is 2.52. The van der Waals surface area contributed by atoms with E-state index in [4.69, 9.17) is 14.5 Å². The van der Waals surface area contributed by atoms with Crippen LogP contribution in [0.3, 0.4) is 0 Å². The van der Waals surface area contributed by atoms with E-state index in [1.165, 1.54) is 11.8 Å². The zero-order chi connectivity index (χ0) is 16.5. The van der Waals surface area contributed by atoms with Crippen molar-refractivity contribution in [2.24, 2.45) is 5.92 Å². The molecule has 4 nitrogen and oxygen atoms in total. The summed E-state index contributed by atoms with van der Waals surface area (Å²) in [5, 5.41) is 0. The lowest BCUT2D eigenvalue weighted by molar-refractivity contribution is -0.441. The monoisotopic (exact) mass is 336 g/mol. The van der Waals surface area contributed by atoms with Gasteiger partial charge in [-0.3, -0.25) is 4.79 Å². The van der Waals surface area contributed by atoms with E-state index in [0.29, 0.717) is 5.92 Å². The summed E-state index contributed by atoms with van der Waals surface area (Å²) in [6.07, 6.45) is 2.49. The number of esters is 1. The molecule has 0 aromatic heterocycles. The first-order valence-corrected chi connectivity index (χ1v) is 9.12. The number of fused-ring (bicyclic) bond motifs is 2. The van der Waals surface area contributed by atoms with Gasteiger partial charge in [0.15, 0.2) is 0 Å². The van der Waals surface area contributed by atoms with Crippen molar-refractivity contribution in [2.75, 3.05) is 5.75 Å². The number of hydrogen-bond acceptors (Lipinski definition) is 5. The lowest BCUT2D eigenvalue weighted by atomic mass is 9.71. The number of carbonyl (C=O) groups excluding carboxylic acids is 1. The third kappa shape index (κ3) is 3.57. The van der Waals surface area contributed by atoms with Crippen molar-refractivity contribution >= 4 is 17.7 Å². The molecule has 1 aromatic carbocycles. The van der Waals surface area contributed by atoms with Crippen LogP contribution in [0.5, 0.6) is 0 Å². The van der Waals surface area contributed by atoms with Gasteiger partial charge in [-0.25, -0.2) is 9.78 Å². The fraction of sp³-hybridized carbons (Fsp3) is 0.611. The van der Waals surface area contributed by atoms with Crippen molar-refractivity contribution in [3.05, 3.63) is 30.3 Å². The summed E-state index contributed by atoms with van der Waals surface area (Å²) in [5.74, 6) is 1.00. The molecule has 1 saturated heterocycles. The largest absolute Gasteiger partial charge is 0.457 e. The lowest BCUT2D eigenvalue weighted by Crippen LogP contribution is -2.58. The lowest BCUT2D eigenvalue weighted by Gasteiger charge is -2.51. The zero-order valence-electron chi connectivity index (χ0n) is 13.9. The first-order valence-electron chi connectivity index (χ1n) is 8.13. The van der Waals surface area contributed by atoms with Gasteiger partial charge in [0.1, 0.15) is 17.3 Å². The van der Waals surface area contributed by atoms with E-state index in [9.17, 15) is 4.79 Å². The van der Waals surface area contributed by atoms with E-state index in [0.717, 1.165) is 25.0 Å². The molecule has 0 N–H and O–H groups in total. The summed E-state index contributed by atoms with van der Waals surface area (Å²) < 4.78 is 5.51. The van der Waals surface area contributed by atoms with Crippen LogP contribution < -0.4 is 0 Å². The highest BCUT2D eigenvalue weighted by Gasteiger charge is 2.53. The van der Waals surface area contributed by atoms with Crippen LogP contribution in [0.15, 0.2) is 35.2 Å². The number of ether oxygens (including phenoxy) is 1. The van der Waals surface area contributed by atoms with Gasteiger partial charge in [0, 0.05) is 17.6 Å². The molecular formula is C18H24O4S. The standard InChI is InChI=1S/C18H24O4S/c1-13(19)20-17(2)10-9-14-11-16(17)21-22-18(14,3)12-23-15-7-5-4-6-8-15/h4-8,14,16H,9-12H2,1-3H3/t14-,16-,17-,18-/m0/s1. The molecule has 2 fully saturated rings. The molecule has 3 rings (SSSR count). The first-order chi connectivity index (χ1) is 10.9. The molecule has 23 heavy (non-hydrogen) atoms. The first kappa shape index (κ1) is 16.8. The highest BCUT2D eigenvalue weighted by atomic mass is 32.2. The smallest absolute Gasteiger partial charge is 0.303 e. The fourth-order valence-corrected chi connectivity index (χ4v) is 4.60. The summed E-state index contributed by atoms with van der Waals surface area (Å²) in [4.78, 5) is 24.1. The molecule has 2 aliphatic rings. The maximum Gasteiger partial charge on any atom is 0.303 e. The van der Waals surface area contributed by atoms with E-state index in [-0.39, 0.29) is 17.7 Å². The van der Waals surface area contributed by atoms with E-state index in [2.05, 4.69) is 19.1 Å². The van der Waals surface area contributed by atoms with Crippen LogP contribution in [0, 0.1) is 5.92 Å². The molecule has 5 heteroatoms. The second-order valence-corrected chi connectivity index (χ2v) is 8.01. The van der Waals surface area contributed by atoms with Gasteiger partial charge in [-0.1, -0.05) is 18.2 Å². The Morgan fingerprint density at radius 3 is 2.78 bits per heavy atom. The maximum absolute atomic E-state index is 11.3. The molecule has 1 aliphatic heterocycles. The molecule has 0 amide bonds. The Hall–Kier alpha value is -1.04. The van der Waals surface area contributed by atoms with Crippen molar-refractivity contribution in [3.63, 3.8) is 0 Å². The zero-order valence-corrected chi connectivity index (χ0v) is 14.7. The van der Waals surface area contributed by atoms with Gasteiger partial charge < -0.3 is 4.74 Å². The van der Waals surface area contributed by atoms with Crippen molar-refractivity contribution in [1.82, 2.24) is 0 Å². The Bertz CT molecular complexity index is 563. The summed E-state index contributed by atoms with van der Waals surface area (Å²) >= 11 is 1.79. The van der Waals surface area contributed by atoms with Gasteiger partial charge in [-0.15, -0.1) is 11.8 Å². The van der Waals surface area contributed by atoms with Gasteiger partial charge in [-0.2, -0.15) is 0 Å². The Balaban J connectivity index is 1.64. The van der Waals surface area contributed by atoms with E-state index < -0.39 is 5.60 Å². The third-order valence-electron chi connectivity index (χ3n) is 5.03. The molecule has 2 bridgehead atoms. The Morgan fingerprint density at radius 2 is 2.09 bits per heavy atom. The fourth-order valence-electron chi connectivity index (χ4n) is 3.51. The second kappa shape index (κ2) is 6.46. The van der Waals surface area contributed by atoms with Gasteiger partial charge in [-0.05, 0) is 51.2 Å². The predicted octanol–water partition coefficient (Wildman–Crippen LogP) is 3.99. The van der Waals surface area contributed by atoms with E-state index in [1.54, 1.807) is 11.8 Å². The van der Waals surface area contributed by atoms with Gasteiger partial charge in [0.25, 0.3) is 0 Å². The predicted molar refractivity (Wildman–Crippen MR) is 89.0 cm³/mol. The number of thioether (sulfide) groups is 1. The van der Waals surface area contributed by atoms with E-state index >= 15 is 0 Å². The van der Waals surface area contributed by atoms with Gasteiger partial charge in [0.05, 0.1) is 0 Å². The average molecular weight is 336 g/mol. The molecule has 1 aromatic rings. The summed E-state index contributed by atoms with van der Waals surface area (Å²) in [6, 6.07) is 10.3. The minimum Gasteiger partial charge on any atom is -0.457 e. The molecule has 0 unspecified atom stereocenters. The van der Waals surface area contributed by atoms with E-state index in [1.807, 2.05) is 25.1 Å². The Kier molecular flexibility index (Phi) is 4.72. The molecular weight excluding hydrogens is 312 g/mol. The highest BCUT2D eigenvalue weighted by molar-refractivity contribution is 7.99. The Labute approximate surface area is 141 Å². The molecule has 1 saturated carbocycles. The molecule has 1 aliphatic carbocycles. The molecule has 126 valence electrons. The minimum absolute atomic E-state index is 0.181. The van der Waals surface area contributed by atoms with Crippen LogP contribution in [-0.4, -0.2) is 29.0 Å².